The minimum Gasteiger partial charge on any atom is -0.452 e. The van der Waals surface area contributed by atoms with Gasteiger partial charge in [0.1, 0.15) is 0 Å². The first kappa shape index (κ1) is 22.0. The summed E-state index contributed by atoms with van der Waals surface area (Å²) in [6.45, 7) is 3.81. The largest absolute Gasteiger partial charge is 0.452 e. The molecule has 1 N–H and O–H groups in total. The van der Waals surface area contributed by atoms with Crippen LogP contribution in [0.25, 0.3) is 0 Å². The van der Waals surface area contributed by atoms with E-state index in [1.54, 1.807) is 24.3 Å². The van der Waals surface area contributed by atoms with Gasteiger partial charge in [-0.2, -0.15) is 0 Å². The first-order chi connectivity index (χ1) is 15.0. The Hall–Kier alpha value is -3.73. The van der Waals surface area contributed by atoms with Crippen LogP contribution in [0.5, 0.6) is 0 Å². The molecule has 0 atom stereocenters. The van der Waals surface area contributed by atoms with E-state index in [4.69, 9.17) is 4.74 Å². The van der Waals surface area contributed by atoms with Crippen LogP contribution < -0.4 is 5.32 Å². The van der Waals surface area contributed by atoms with Gasteiger partial charge < -0.3 is 10.1 Å². The van der Waals surface area contributed by atoms with Crippen molar-refractivity contribution in [2.24, 2.45) is 0 Å². The van der Waals surface area contributed by atoms with Gasteiger partial charge in [0.25, 0.3) is 5.91 Å². The lowest BCUT2D eigenvalue weighted by Gasteiger charge is -2.11. The Kier molecular flexibility index (Phi) is 7.33. The number of aryl methyl sites for hydroxylation is 2. The molecule has 3 rings (SSSR count). The predicted octanol–water partition coefficient (Wildman–Crippen LogP) is 4.05. The summed E-state index contributed by atoms with van der Waals surface area (Å²) >= 11 is 0. The van der Waals surface area contributed by atoms with Gasteiger partial charge in [-0.25, -0.2) is 4.79 Å². The SMILES string of the molecule is Cc1ccc(C)c(C(=O)c2ccccc2C(=O)OCC(=O)NCCc2ccccc2)c1. The minimum atomic E-state index is -0.701. The molecule has 0 fully saturated rings. The van der Waals surface area contributed by atoms with Gasteiger partial charge in [-0.3, -0.25) is 9.59 Å². The molecule has 0 unspecified atom stereocenters. The monoisotopic (exact) mass is 415 g/mol. The number of esters is 1. The standard InChI is InChI=1S/C26H25NO4/c1-18-12-13-19(2)23(16-18)25(29)21-10-6-7-11-22(21)26(30)31-17-24(28)27-15-14-20-8-4-3-5-9-20/h3-13,16H,14-15,17H2,1-2H3,(H,27,28). The van der Waals surface area contributed by atoms with Crippen molar-refractivity contribution >= 4 is 17.7 Å². The van der Waals surface area contributed by atoms with Crippen LogP contribution >= 0.6 is 0 Å². The number of nitrogens with one attached hydrogen (secondary N) is 1. The Bertz CT molecular complexity index is 1090. The van der Waals surface area contributed by atoms with Crippen molar-refractivity contribution in [3.05, 3.63) is 106 Å². The van der Waals surface area contributed by atoms with E-state index in [1.165, 1.54) is 6.07 Å². The van der Waals surface area contributed by atoms with E-state index < -0.39 is 12.6 Å². The number of rotatable bonds is 8. The maximum absolute atomic E-state index is 13.1. The van der Waals surface area contributed by atoms with Gasteiger partial charge in [0.15, 0.2) is 12.4 Å². The molecule has 5 nitrogen and oxygen atoms in total. The number of benzene rings is 3. The lowest BCUT2D eigenvalue weighted by Crippen LogP contribution is -2.30. The van der Waals surface area contributed by atoms with E-state index in [1.807, 2.05) is 56.3 Å². The van der Waals surface area contributed by atoms with Crippen LogP contribution in [0, 0.1) is 13.8 Å². The maximum Gasteiger partial charge on any atom is 0.339 e. The minimum absolute atomic E-state index is 0.144. The van der Waals surface area contributed by atoms with Gasteiger partial charge in [0, 0.05) is 17.7 Å². The number of hydrogen-bond acceptors (Lipinski definition) is 4. The molecule has 3 aromatic carbocycles. The molecule has 0 radical (unpaired) electrons. The van der Waals surface area contributed by atoms with E-state index in [-0.39, 0.29) is 22.8 Å². The summed E-state index contributed by atoms with van der Waals surface area (Å²) in [4.78, 5) is 37.7. The molecule has 0 saturated carbocycles. The Labute approximate surface area is 182 Å². The van der Waals surface area contributed by atoms with E-state index in [0.717, 1.165) is 16.7 Å². The lowest BCUT2D eigenvalue weighted by atomic mass is 9.94. The summed E-state index contributed by atoms with van der Waals surface area (Å²) < 4.78 is 5.17. The van der Waals surface area contributed by atoms with Crippen molar-refractivity contribution in [3.63, 3.8) is 0 Å². The number of carbonyl (C=O) groups excluding carboxylic acids is 3. The summed E-state index contributed by atoms with van der Waals surface area (Å²) in [5.41, 5.74) is 3.84. The topological polar surface area (TPSA) is 72.5 Å². The van der Waals surface area contributed by atoms with Gasteiger partial charge in [-0.05, 0) is 43.5 Å². The molecule has 0 aliphatic carbocycles. The van der Waals surface area contributed by atoms with Crippen molar-refractivity contribution in [2.75, 3.05) is 13.2 Å². The van der Waals surface area contributed by atoms with Gasteiger partial charge in [0.2, 0.25) is 0 Å². The molecule has 0 aliphatic heterocycles. The normalized spacial score (nSPS) is 10.4. The molecule has 0 aliphatic rings. The van der Waals surface area contributed by atoms with Gasteiger partial charge in [0.05, 0.1) is 5.56 Å². The molecule has 0 saturated heterocycles. The van der Waals surface area contributed by atoms with Crippen molar-refractivity contribution in [2.45, 2.75) is 20.3 Å². The Morgan fingerprint density at radius 3 is 2.23 bits per heavy atom. The first-order valence-corrected chi connectivity index (χ1v) is 10.1. The Morgan fingerprint density at radius 2 is 1.48 bits per heavy atom. The Balaban J connectivity index is 1.61. The van der Waals surface area contributed by atoms with Crippen LogP contribution in [-0.2, 0) is 16.0 Å². The number of ketones is 1. The Morgan fingerprint density at radius 1 is 0.806 bits per heavy atom. The fourth-order valence-corrected chi connectivity index (χ4v) is 3.24. The second-order valence-corrected chi connectivity index (χ2v) is 7.35. The molecular weight excluding hydrogens is 390 g/mol. The summed E-state index contributed by atoms with van der Waals surface area (Å²) in [5, 5.41) is 2.73. The number of ether oxygens (including phenoxy) is 1. The average molecular weight is 415 g/mol. The fourth-order valence-electron chi connectivity index (χ4n) is 3.24. The second-order valence-electron chi connectivity index (χ2n) is 7.35. The summed E-state index contributed by atoms with van der Waals surface area (Å²) in [5.74, 6) is -1.34. The molecule has 0 spiro atoms. The number of amides is 1. The highest BCUT2D eigenvalue weighted by Crippen LogP contribution is 2.19. The van der Waals surface area contributed by atoms with E-state index in [0.29, 0.717) is 18.5 Å². The predicted molar refractivity (Wildman–Crippen MR) is 119 cm³/mol. The van der Waals surface area contributed by atoms with E-state index >= 15 is 0 Å². The third kappa shape index (κ3) is 5.89. The van der Waals surface area contributed by atoms with Crippen LogP contribution in [0.1, 0.15) is 43.0 Å². The zero-order valence-electron chi connectivity index (χ0n) is 17.7. The molecule has 1 amide bonds. The second kappa shape index (κ2) is 10.3. The number of carbonyl (C=O) groups is 3. The van der Waals surface area contributed by atoms with E-state index in [2.05, 4.69) is 5.32 Å². The van der Waals surface area contributed by atoms with Crippen LogP contribution in [0.4, 0.5) is 0 Å². The van der Waals surface area contributed by atoms with Gasteiger partial charge in [-0.15, -0.1) is 0 Å². The molecular formula is C26H25NO4. The van der Waals surface area contributed by atoms with Gasteiger partial charge >= 0.3 is 5.97 Å². The molecule has 5 heteroatoms. The molecule has 31 heavy (non-hydrogen) atoms. The molecule has 0 heterocycles. The number of hydrogen-bond donors (Lipinski definition) is 1. The molecule has 3 aromatic rings. The highest BCUT2D eigenvalue weighted by Gasteiger charge is 2.21. The zero-order valence-corrected chi connectivity index (χ0v) is 17.7. The summed E-state index contributed by atoms with van der Waals surface area (Å²) in [6.07, 6.45) is 0.688. The van der Waals surface area contributed by atoms with Crippen molar-refractivity contribution in [1.82, 2.24) is 5.32 Å². The smallest absolute Gasteiger partial charge is 0.339 e. The molecule has 0 bridgehead atoms. The summed E-state index contributed by atoms with van der Waals surface area (Å²) in [7, 11) is 0. The summed E-state index contributed by atoms with van der Waals surface area (Å²) in [6, 6.07) is 21.9. The third-order valence-electron chi connectivity index (χ3n) is 4.94. The first-order valence-electron chi connectivity index (χ1n) is 10.1. The lowest BCUT2D eigenvalue weighted by molar-refractivity contribution is -0.124. The third-order valence-corrected chi connectivity index (χ3v) is 4.94. The van der Waals surface area contributed by atoms with Crippen molar-refractivity contribution < 1.29 is 19.1 Å². The van der Waals surface area contributed by atoms with Crippen LogP contribution in [0.15, 0.2) is 72.8 Å². The van der Waals surface area contributed by atoms with Crippen LogP contribution in [0.2, 0.25) is 0 Å². The highest BCUT2D eigenvalue weighted by molar-refractivity contribution is 6.15. The quantitative estimate of drug-likeness (QED) is 0.445. The van der Waals surface area contributed by atoms with Crippen LogP contribution in [0.3, 0.4) is 0 Å². The zero-order chi connectivity index (χ0) is 22.2. The maximum atomic E-state index is 13.1. The fraction of sp³-hybridized carbons (Fsp3) is 0.192. The van der Waals surface area contributed by atoms with Crippen molar-refractivity contribution in [3.8, 4) is 0 Å². The van der Waals surface area contributed by atoms with Crippen LogP contribution in [-0.4, -0.2) is 30.8 Å². The molecule has 158 valence electrons. The average Bonchev–Trinajstić information content (AvgIpc) is 2.79. The van der Waals surface area contributed by atoms with Gasteiger partial charge in [-0.1, -0.05) is 66.2 Å². The molecule has 0 aromatic heterocycles. The van der Waals surface area contributed by atoms with E-state index in [9.17, 15) is 14.4 Å². The van der Waals surface area contributed by atoms with Crippen molar-refractivity contribution in [1.29, 1.82) is 0 Å². The highest BCUT2D eigenvalue weighted by atomic mass is 16.5.